The number of rotatable bonds is 4. The van der Waals surface area contributed by atoms with Gasteiger partial charge in [0.25, 0.3) is 0 Å². The highest BCUT2D eigenvalue weighted by molar-refractivity contribution is 5.92. The average Bonchev–Trinajstić information content (AvgIpc) is 2.61. The summed E-state index contributed by atoms with van der Waals surface area (Å²) in [6.07, 6.45) is 5.22. The Kier molecular flexibility index (Phi) is 3.11. The predicted molar refractivity (Wildman–Crippen MR) is 61.5 cm³/mol. The van der Waals surface area contributed by atoms with Crippen molar-refractivity contribution in [3.63, 3.8) is 0 Å². The van der Waals surface area contributed by atoms with Crippen molar-refractivity contribution < 1.29 is 9.90 Å². The number of carbonyl (C=O) groups is 1. The number of hydrogen-bond donors (Lipinski definition) is 1. The summed E-state index contributed by atoms with van der Waals surface area (Å²) >= 11 is 0. The van der Waals surface area contributed by atoms with Crippen LogP contribution in [0.15, 0.2) is 12.2 Å². The van der Waals surface area contributed by atoms with Crippen molar-refractivity contribution in [2.45, 2.75) is 46.6 Å². The Morgan fingerprint density at radius 3 is 2.40 bits per heavy atom. The molecule has 0 aromatic carbocycles. The second kappa shape index (κ2) is 3.75. The van der Waals surface area contributed by atoms with Gasteiger partial charge >= 0.3 is 0 Å². The van der Waals surface area contributed by atoms with Crippen LogP contribution in [0.25, 0.3) is 0 Å². The second-order valence-corrected chi connectivity index (χ2v) is 5.58. The fraction of sp³-hybridized carbons (Fsp3) is 0.769. The highest BCUT2D eigenvalue weighted by Crippen LogP contribution is 2.60. The van der Waals surface area contributed by atoms with Gasteiger partial charge in [-0.15, -0.1) is 0 Å². The number of aliphatic hydroxyl groups is 1. The van der Waals surface area contributed by atoms with E-state index in [9.17, 15) is 9.90 Å². The van der Waals surface area contributed by atoms with E-state index in [2.05, 4.69) is 32.9 Å². The zero-order valence-corrected chi connectivity index (χ0v) is 10.4. The lowest BCUT2D eigenvalue weighted by Gasteiger charge is -2.16. The van der Waals surface area contributed by atoms with E-state index in [1.807, 2.05) is 0 Å². The smallest absolute Gasteiger partial charge is 0.167 e. The Morgan fingerprint density at radius 2 is 2.00 bits per heavy atom. The number of carbonyl (C=O) groups excluding carboxylic acids is 1. The van der Waals surface area contributed by atoms with Crippen LogP contribution in [-0.2, 0) is 4.79 Å². The maximum Gasteiger partial charge on any atom is 0.167 e. The minimum Gasteiger partial charge on any atom is -0.383 e. The molecule has 2 atom stereocenters. The molecule has 0 bridgehead atoms. The van der Waals surface area contributed by atoms with Crippen molar-refractivity contribution in [3.05, 3.63) is 12.2 Å². The molecule has 0 radical (unpaired) electrons. The lowest BCUT2D eigenvalue weighted by molar-refractivity contribution is -0.136. The van der Waals surface area contributed by atoms with Gasteiger partial charge in [0.05, 0.1) is 0 Å². The number of Topliss-reactive ketones (excluding diaryl/α,β-unsaturated/α-hetero) is 1. The molecule has 0 heterocycles. The minimum absolute atomic E-state index is 0.0136. The molecule has 0 aliphatic heterocycles. The summed E-state index contributed by atoms with van der Waals surface area (Å²) in [6, 6.07) is 0. The van der Waals surface area contributed by atoms with Gasteiger partial charge in [0.15, 0.2) is 5.78 Å². The number of hydrogen-bond acceptors (Lipinski definition) is 2. The van der Waals surface area contributed by atoms with Crippen LogP contribution in [0.5, 0.6) is 0 Å². The van der Waals surface area contributed by atoms with Crippen molar-refractivity contribution in [1.29, 1.82) is 0 Å². The van der Waals surface area contributed by atoms with Crippen molar-refractivity contribution >= 4 is 5.78 Å². The van der Waals surface area contributed by atoms with Crippen LogP contribution in [0, 0.1) is 17.3 Å². The largest absolute Gasteiger partial charge is 0.383 e. The van der Waals surface area contributed by atoms with E-state index in [-0.39, 0.29) is 17.1 Å². The zero-order chi connectivity index (χ0) is 11.9. The van der Waals surface area contributed by atoms with Crippen LogP contribution >= 0.6 is 0 Å². The quantitative estimate of drug-likeness (QED) is 0.724. The van der Waals surface area contributed by atoms with Crippen LogP contribution in [0.1, 0.15) is 41.0 Å². The molecule has 1 rings (SSSR count). The Morgan fingerprint density at radius 1 is 1.47 bits per heavy atom. The van der Waals surface area contributed by atoms with Gasteiger partial charge in [0, 0.05) is 5.92 Å². The summed E-state index contributed by atoms with van der Waals surface area (Å²) in [5, 5.41) is 9.70. The lowest BCUT2D eigenvalue weighted by Crippen LogP contribution is -2.33. The Balaban J connectivity index is 2.75. The van der Waals surface area contributed by atoms with Gasteiger partial charge in [-0.05, 0) is 31.6 Å². The summed E-state index contributed by atoms with van der Waals surface area (Å²) in [4.78, 5) is 11.9. The zero-order valence-electron chi connectivity index (χ0n) is 10.4. The third-order valence-electron chi connectivity index (χ3n) is 3.38. The van der Waals surface area contributed by atoms with Crippen molar-refractivity contribution in [1.82, 2.24) is 0 Å². The van der Waals surface area contributed by atoms with Gasteiger partial charge < -0.3 is 5.11 Å². The summed E-state index contributed by atoms with van der Waals surface area (Å²) < 4.78 is 0. The molecule has 1 aliphatic carbocycles. The van der Waals surface area contributed by atoms with Crippen molar-refractivity contribution in [2.75, 3.05) is 0 Å². The third-order valence-corrected chi connectivity index (χ3v) is 3.38. The molecule has 0 spiro atoms. The first-order chi connectivity index (χ1) is 6.73. The van der Waals surface area contributed by atoms with Crippen LogP contribution in [0.3, 0.4) is 0 Å². The summed E-state index contributed by atoms with van der Waals surface area (Å²) in [7, 11) is 0. The van der Waals surface area contributed by atoms with Gasteiger partial charge in [0.1, 0.15) is 5.60 Å². The van der Waals surface area contributed by atoms with Gasteiger partial charge in [-0.2, -0.15) is 0 Å². The first kappa shape index (κ1) is 12.4. The van der Waals surface area contributed by atoms with E-state index in [1.165, 1.54) is 0 Å². The molecular weight excluding hydrogens is 188 g/mol. The van der Waals surface area contributed by atoms with Gasteiger partial charge in [-0.25, -0.2) is 0 Å². The summed E-state index contributed by atoms with van der Waals surface area (Å²) in [6.45, 7) is 9.41. The molecule has 15 heavy (non-hydrogen) atoms. The topological polar surface area (TPSA) is 37.3 Å². The number of ketones is 1. The molecule has 2 nitrogen and oxygen atoms in total. The summed E-state index contributed by atoms with van der Waals surface area (Å²) in [5.74, 6) is 0.259. The highest BCUT2D eigenvalue weighted by atomic mass is 16.3. The number of allylic oxidation sites excluding steroid dienone is 2. The van der Waals surface area contributed by atoms with Crippen LogP contribution in [-0.4, -0.2) is 16.5 Å². The van der Waals surface area contributed by atoms with E-state index in [1.54, 1.807) is 13.8 Å². The first-order valence-corrected chi connectivity index (χ1v) is 5.66. The fourth-order valence-corrected chi connectivity index (χ4v) is 2.20. The van der Waals surface area contributed by atoms with Crippen LogP contribution in [0.2, 0.25) is 0 Å². The van der Waals surface area contributed by atoms with E-state index in [0.717, 1.165) is 6.42 Å². The fourth-order valence-electron chi connectivity index (χ4n) is 2.20. The monoisotopic (exact) mass is 210 g/mol. The molecule has 0 amide bonds. The van der Waals surface area contributed by atoms with Gasteiger partial charge in [0.2, 0.25) is 0 Å². The third kappa shape index (κ3) is 2.31. The molecule has 0 saturated heterocycles. The maximum atomic E-state index is 11.9. The van der Waals surface area contributed by atoms with Crippen molar-refractivity contribution in [2.24, 2.45) is 17.3 Å². The SMILES string of the molecule is CC/C=C/[C@H]1[C@H](C(=O)C(C)(C)O)C1(C)C. The van der Waals surface area contributed by atoms with Crippen LogP contribution in [0.4, 0.5) is 0 Å². The van der Waals surface area contributed by atoms with Gasteiger partial charge in [-0.1, -0.05) is 32.9 Å². The van der Waals surface area contributed by atoms with E-state index in [0.29, 0.717) is 5.92 Å². The van der Waals surface area contributed by atoms with Crippen LogP contribution < -0.4 is 0 Å². The Bertz CT molecular complexity index is 281. The predicted octanol–water partition coefficient (Wildman–Crippen LogP) is 2.56. The Labute approximate surface area is 92.4 Å². The molecule has 2 heteroatoms. The molecule has 0 aromatic heterocycles. The lowest BCUT2D eigenvalue weighted by atomic mass is 9.95. The van der Waals surface area contributed by atoms with E-state index in [4.69, 9.17) is 0 Å². The first-order valence-electron chi connectivity index (χ1n) is 5.66. The Hall–Kier alpha value is -0.630. The standard InChI is InChI=1S/C13H22O2/c1-6-7-8-9-10(12(9,2)3)11(14)13(4,5)15/h7-10,15H,6H2,1-5H3/b8-7+/t9-,10+/m0/s1. The molecule has 1 aliphatic rings. The molecule has 0 aromatic rings. The molecule has 1 fully saturated rings. The minimum atomic E-state index is -1.20. The molecule has 1 N–H and O–H groups in total. The van der Waals surface area contributed by atoms with Gasteiger partial charge in [-0.3, -0.25) is 4.79 Å². The molecular formula is C13H22O2. The maximum absolute atomic E-state index is 11.9. The second-order valence-electron chi connectivity index (χ2n) is 5.58. The summed E-state index contributed by atoms with van der Waals surface area (Å²) in [5.41, 5.74) is -1.18. The van der Waals surface area contributed by atoms with E-state index < -0.39 is 5.60 Å². The normalized spacial score (nSPS) is 29.5. The molecule has 0 unspecified atom stereocenters. The van der Waals surface area contributed by atoms with Crippen molar-refractivity contribution in [3.8, 4) is 0 Å². The average molecular weight is 210 g/mol. The molecule has 86 valence electrons. The molecule has 1 saturated carbocycles. The van der Waals surface area contributed by atoms with E-state index >= 15 is 0 Å². The highest BCUT2D eigenvalue weighted by Gasteiger charge is 2.61.